The van der Waals surface area contributed by atoms with Crippen molar-refractivity contribution in [1.29, 1.82) is 0 Å². The minimum Gasteiger partial charge on any atom is -0.382 e. The highest BCUT2D eigenvalue weighted by atomic mass is 32.1. The Morgan fingerprint density at radius 1 is 0.841 bits per heavy atom. The van der Waals surface area contributed by atoms with Gasteiger partial charge in [-0.1, -0.05) is 24.6 Å². The first-order valence-electron chi connectivity index (χ1n) is 21.1. The summed E-state index contributed by atoms with van der Waals surface area (Å²) in [6.45, 7) is 0.240. The van der Waals surface area contributed by atoms with Gasteiger partial charge >= 0.3 is 0 Å². The fourth-order valence-electron chi connectivity index (χ4n) is 7.68. The Morgan fingerprint density at radius 3 is 2.25 bits per heavy atom. The van der Waals surface area contributed by atoms with Crippen LogP contribution in [0.2, 0.25) is 0 Å². The largest absolute Gasteiger partial charge is 0.382 e. The monoisotopic (exact) mass is 899 g/mol. The lowest BCUT2D eigenvalue weighted by atomic mass is 9.93. The van der Waals surface area contributed by atoms with Gasteiger partial charge in [-0.3, -0.25) is 43.2 Å². The normalized spacial score (nSPS) is 24.7. The van der Waals surface area contributed by atoms with Crippen LogP contribution in [0.5, 0.6) is 0 Å². The third kappa shape index (κ3) is 14.7. The summed E-state index contributed by atoms with van der Waals surface area (Å²) in [5.41, 5.74) is 12.5. The number of nitrogens with one attached hydrogen (secondary N) is 7. The maximum atomic E-state index is 14.0. The summed E-state index contributed by atoms with van der Waals surface area (Å²) in [6, 6.07) is 1.21. The number of hydrogen-bond donors (Lipinski definition) is 11. The van der Waals surface area contributed by atoms with Gasteiger partial charge in [-0.25, -0.2) is 0 Å². The molecule has 3 heterocycles. The number of fused-ring (bicyclic) bond motifs is 1. The molecule has 346 valence electrons. The van der Waals surface area contributed by atoms with Crippen molar-refractivity contribution in [2.45, 2.75) is 101 Å². The van der Waals surface area contributed by atoms with E-state index in [2.05, 4.69) is 49.5 Å². The first kappa shape index (κ1) is 49.9. The summed E-state index contributed by atoms with van der Waals surface area (Å²) in [6.07, 6.45) is 1.36. The second-order valence-corrected chi connectivity index (χ2v) is 16.5. The Kier molecular flexibility index (Phi) is 19.2. The first-order chi connectivity index (χ1) is 30.0. The quantitative estimate of drug-likeness (QED) is 0.0757. The van der Waals surface area contributed by atoms with Crippen LogP contribution in [-0.4, -0.2) is 155 Å². The number of para-hydroxylation sites is 1. The molecule has 22 heteroatoms. The molecule has 0 bridgehead atoms. The predicted octanol–water partition coefficient (Wildman–Crippen LogP) is -2.94. The molecule has 0 radical (unpaired) electrons. The third-order valence-electron chi connectivity index (χ3n) is 11.1. The summed E-state index contributed by atoms with van der Waals surface area (Å²) in [5, 5.41) is 27.2. The number of nitrogens with zero attached hydrogens (tertiary/aromatic N) is 2. The zero-order valence-corrected chi connectivity index (χ0v) is 36.5. The van der Waals surface area contributed by atoms with Crippen LogP contribution in [0.1, 0.15) is 63.4 Å². The lowest BCUT2D eigenvalue weighted by Gasteiger charge is -2.29. The van der Waals surface area contributed by atoms with Gasteiger partial charge in [0.25, 0.3) is 0 Å². The number of nitrogens with two attached hydrogens (primary N) is 2. The number of benzene rings is 1. The molecule has 2 saturated heterocycles. The van der Waals surface area contributed by atoms with Crippen LogP contribution in [0.25, 0.3) is 10.9 Å². The number of aromatic amines is 1. The van der Waals surface area contributed by atoms with E-state index in [1.54, 1.807) is 6.20 Å². The molecule has 12 N–H and O–H groups in total. The maximum Gasteiger partial charge on any atom is 0.247 e. The fraction of sp³-hybridized carbons (Fsp3) is 0.585. The van der Waals surface area contributed by atoms with Crippen LogP contribution in [0, 0.1) is 5.92 Å². The number of carbonyl (C=O) groups excluding carboxylic acids is 9. The molecule has 9 amide bonds. The van der Waals surface area contributed by atoms with Gasteiger partial charge in [0.1, 0.15) is 36.3 Å². The lowest BCUT2D eigenvalue weighted by Crippen LogP contribution is -2.57. The highest BCUT2D eigenvalue weighted by molar-refractivity contribution is 7.80. The summed E-state index contributed by atoms with van der Waals surface area (Å²) in [5.74, 6) is -9.28. The topological polar surface area (TPSA) is 320 Å². The summed E-state index contributed by atoms with van der Waals surface area (Å²) in [4.78, 5) is 126. The molecule has 0 saturated carbocycles. The SMILES string of the molecule is CN(C)CCCC[C@@H]1NC(=O)CNC(=O)[C@H](CS)NC(=O)C[C@@H](C(=O)N2CCC[C@H]2C(N)=O)NC(=O)[C@H](C(O)C(N)=O)CCCCNC(=O)[C@H](Cc2c[nH]c3ccccc23)NC1=O. The van der Waals surface area contributed by atoms with E-state index in [0.717, 1.165) is 21.4 Å². The number of amides is 9. The van der Waals surface area contributed by atoms with E-state index >= 15 is 0 Å². The van der Waals surface area contributed by atoms with Crippen LogP contribution in [0.15, 0.2) is 30.5 Å². The van der Waals surface area contributed by atoms with Gasteiger partial charge in [0.15, 0.2) is 0 Å². The van der Waals surface area contributed by atoms with E-state index in [1.807, 2.05) is 43.3 Å². The van der Waals surface area contributed by atoms with Crippen molar-refractivity contribution >= 4 is 76.7 Å². The third-order valence-corrected chi connectivity index (χ3v) is 11.5. The number of aromatic nitrogens is 1. The van der Waals surface area contributed by atoms with Crippen LogP contribution < -0.4 is 43.4 Å². The summed E-state index contributed by atoms with van der Waals surface area (Å²) in [7, 11) is 3.81. The second-order valence-electron chi connectivity index (χ2n) is 16.2. The highest BCUT2D eigenvalue weighted by Crippen LogP contribution is 2.22. The molecule has 1 aromatic heterocycles. The van der Waals surface area contributed by atoms with E-state index in [1.165, 1.54) is 0 Å². The van der Waals surface area contributed by atoms with Gasteiger partial charge in [-0.15, -0.1) is 0 Å². The van der Waals surface area contributed by atoms with Crippen molar-refractivity contribution in [3.05, 3.63) is 36.0 Å². The number of rotatable bonds is 12. The summed E-state index contributed by atoms with van der Waals surface area (Å²) >= 11 is 4.18. The first-order valence-corrected chi connectivity index (χ1v) is 21.8. The highest BCUT2D eigenvalue weighted by Gasteiger charge is 2.40. The zero-order valence-electron chi connectivity index (χ0n) is 35.7. The van der Waals surface area contributed by atoms with E-state index in [4.69, 9.17) is 11.5 Å². The minimum absolute atomic E-state index is 0.0432. The van der Waals surface area contributed by atoms with Crippen molar-refractivity contribution in [1.82, 2.24) is 46.7 Å². The van der Waals surface area contributed by atoms with Gasteiger partial charge < -0.3 is 63.3 Å². The molecule has 1 aromatic carbocycles. The standard InChI is InChI=1S/C41H61N11O10S/c1-51(2)16-8-6-13-27-40(61)49-28(18-23-20-45-26-12-4-3-10-24(23)26)38(59)44-15-7-5-11-25(34(55)36(43)57)37(58)50-29(41(62)52-17-9-14-31(52)35(42)56)19-32(53)48-30(22-63)39(60)46-21-33(54)47-27/h3-4,10,12,20,25,27-31,34,45,55,63H,5-9,11,13-19,21-22H2,1-2H3,(H2,42,56)(H2,43,57)(H,44,59)(H,46,60)(H,47,54)(H,48,53)(H,49,61)(H,50,58)/t25-,27-,28-,29-,30-,31-,34?/m0/s1. The Hall–Kier alpha value is -5.74. The molecule has 63 heavy (non-hydrogen) atoms. The predicted molar refractivity (Wildman–Crippen MR) is 233 cm³/mol. The summed E-state index contributed by atoms with van der Waals surface area (Å²) < 4.78 is 0. The second kappa shape index (κ2) is 24.2. The molecule has 0 spiro atoms. The molecule has 2 fully saturated rings. The number of H-pyrrole nitrogens is 1. The molecule has 2 aliphatic heterocycles. The molecular formula is C41H61N11O10S. The Morgan fingerprint density at radius 2 is 1.56 bits per heavy atom. The molecule has 7 atom stereocenters. The van der Waals surface area contributed by atoms with E-state index < -0.39 is 108 Å². The van der Waals surface area contributed by atoms with Gasteiger partial charge in [0, 0.05) is 42.4 Å². The van der Waals surface area contributed by atoms with E-state index in [-0.39, 0.29) is 57.4 Å². The Bertz CT molecular complexity index is 1980. The molecular weight excluding hydrogens is 839 g/mol. The molecule has 0 aliphatic carbocycles. The molecule has 2 aromatic rings. The average Bonchev–Trinajstić information content (AvgIpc) is 3.91. The van der Waals surface area contributed by atoms with Gasteiger partial charge in [0.05, 0.1) is 18.9 Å². The number of unbranched alkanes of at least 4 members (excludes halogenated alkanes) is 1. The Balaban J connectivity index is 1.64. The Labute approximate surface area is 370 Å². The van der Waals surface area contributed by atoms with Crippen LogP contribution in [0.3, 0.4) is 0 Å². The lowest BCUT2D eigenvalue weighted by molar-refractivity contribution is -0.144. The number of hydrogen-bond acceptors (Lipinski definition) is 12. The van der Waals surface area contributed by atoms with Crippen LogP contribution in [0.4, 0.5) is 0 Å². The average molecular weight is 900 g/mol. The van der Waals surface area contributed by atoms with Crippen molar-refractivity contribution in [2.24, 2.45) is 17.4 Å². The van der Waals surface area contributed by atoms with E-state index in [0.29, 0.717) is 25.8 Å². The minimum atomic E-state index is -2.01. The van der Waals surface area contributed by atoms with Gasteiger partial charge in [-0.05, 0) is 77.2 Å². The smallest absolute Gasteiger partial charge is 0.247 e. The molecule has 1 unspecified atom stereocenters. The maximum absolute atomic E-state index is 14.0. The van der Waals surface area contributed by atoms with Gasteiger partial charge in [-0.2, -0.15) is 12.6 Å². The number of aliphatic hydroxyl groups is 1. The van der Waals surface area contributed by atoms with E-state index in [9.17, 15) is 48.3 Å². The van der Waals surface area contributed by atoms with Crippen LogP contribution in [-0.2, 0) is 49.6 Å². The molecule has 2 aliphatic rings. The van der Waals surface area contributed by atoms with Crippen molar-refractivity contribution in [2.75, 3.05) is 46.0 Å². The van der Waals surface area contributed by atoms with Crippen molar-refractivity contribution in [3.63, 3.8) is 0 Å². The number of thiol groups is 1. The molecule has 4 rings (SSSR count). The number of aliphatic hydroxyl groups excluding tert-OH is 1. The van der Waals surface area contributed by atoms with Gasteiger partial charge in [0.2, 0.25) is 53.2 Å². The van der Waals surface area contributed by atoms with Crippen molar-refractivity contribution in [3.8, 4) is 0 Å². The number of likely N-dealkylation sites (tertiary alicyclic amines) is 1. The number of carbonyl (C=O) groups is 9. The van der Waals surface area contributed by atoms with Crippen LogP contribution >= 0.6 is 12.6 Å². The fourth-order valence-corrected chi connectivity index (χ4v) is 7.93. The number of primary amides is 2. The van der Waals surface area contributed by atoms with Crippen molar-refractivity contribution < 1.29 is 48.3 Å². The zero-order chi connectivity index (χ0) is 46.2. The molecule has 21 nitrogen and oxygen atoms in total.